The minimum atomic E-state index is -0.0790. The van der Waals surface area contributed by atoms with Crippen LogP contribution in [0.3, 0.4) is 0 Å². The van der Waals surface area contributed by atoms with Crippen LogP contribution in [0.4, 0.5) is 0 Å². The number of hydrogen-bond acceptors (Lipinski definition) is 5. The predicted molar refractivity (Wildman–Crippen MR) is 115 cm³/mol. The number of thiocarbonyl (C=S) groups is 1. The van der Waals surface area contributed by atoms with Crippen LogP contribution in [0.25, 0.3) is 21.3 Å². The summed E-state index contributed by atoms with van der Waals surface area (Å²) in [7, 11) is 0. The fourth-order valence-corrected chi connectivity index (χ4v) is 5.60. The summed E-state index contributed by atoms with van der Waals surface area (Å²) < 4.78 is 0.897. The lowest BCUT2D eigenvalue weighted by molar-refractivity contribution is 0.539. The standard InChI is InChI=1S/C19H19N3OS3/c1-12(26-19(24)22-9-5-6-10-22)16-20-17(23)15-14(11-25-18(15)21-16)13-7-3-2-4-8-13/h2-4,7-8,11-12H,5-6,9-10H2,1H3,(H,20,21,23). The molecule has 134 valence electrons. The number of aromatic amines is 1. The normalized spacial score (nSPS) is 15.5. The van der Waals surface area contributed by atoms with Gasteiger partial charge in [-0.1, -0.05) is 54.3 Å². The van der Waals surface area contributed by atoms with E-state index >= 15 is 0 Å². The van der Waals surface area contributed by atoms with Gasteiger partial charge in [0.25, 0.3) is 5.56 Å². The van der Waals surface area contributed by atoms with Crippen LogP contribution in [0.15, 0.2) is 40.5 Å². The number of rotatable bonds is 3. The molecule has 1 unspecified atom stereocenters. The molecular formula is C19H19N3OS3. The van der Waals surface area contributed by atoms with Gasteiger partial charge in [-0.3, -0.25) is 4.79 Å². The van der Waals surface area contributed by atoms with Crippen molar-refractivity contribution in [3.63, 3.8) is 0 Å². The maximum Gasteiger partial charge on any atom is 0.260 e. The van der Waals surface area contributed by atoms with E-state index in [0.717, 1.165) is 33.4 Å². The number of thiophene rings is 1. The van der Waals surface area contributed by atoms with Crippen molar-refractivity contribution in [2.75, 3.05) is 13.1 Å². The molecule has 0 spiro atoms. The Bertz CT molecular complexity index is 990. The number of thioether (sulfide) groups is 1. The molecule has 1 fully saturated rings. The predicted octanol–water partition coefficient (Wildman–Crippen LogP) is 4.83. The first-order valence-electron chi connectivity index (χ1n) is 8.66. The van der Waals surface area contributed by atoms with Crippen LogP contribution in [-0.2, 0) is 0 Å². The smallest absolute Gasteiger partial charge is 0.260 e. The summed E-state index contributed by atoms with van der Waals surface area (Å²) in [6.45, 7) is 4.11. The Morgan fingerprint density at radius 3 is 2.77 bits per heavy atom. The van der Waals surface area contributed by atoms with Crippen LogP contribution in [0.2, 0.25) is 0 Å². The number of fused-ring (bicyclic) bond motifs is 1. The van der Waals surface area contributed by atoms with E-state index in [-0.39, 0.29) is 10.8 Å². The Balaban J connectivity index is 1.63. The third-order valence-corrected chi connectivity index (χ3v) is 7.03. The minimum Gasteiger partial charge on any atom is -0.358 e. The molecule has 0 bridgehead atoms. The first-order chi connectivity index (χ1) is 12.6. The van der Waals surface area contributed by atoms with Gasteiger partial charge < -0.3 is 9.88 Å². The fourth-order valence-electron chi connectivity index (χ4n) is 3.17. The molecule has 0 radical (unpaired) electrons. The van der Waals surface area contributed by atoms with Crippen molar-refractivity contribution in [1.82, 2.24) is 14.9 Å². The lowest BCUT2D eigenvalue weighted by atomic mass is 10.1. The zero-order valence-electron chi connectivity index (χ0n) is 14.4. The van der Waals surface area contributed by atoms with Crippen molar-refractivity contribution in [2.45, 2.75) is 25.0 Å². The Morgan fingerprint density at radius 2 is 2.04 bits per heavy atom. The van der Waals surface area contributed by atoms with Crippen LogP contribution in [0.1, 0.15) is 30.8 Å². The molecule has 4 rings (SSSR count). The molecule has 4 nitrogen and oxygen atoms in total. The second-order valence-corrected chi connectivity index (χ2v) is 9.20. The maximum absolute atomic E-state index is 12.8. The largest absolute Gasteiger partial charge is 0.358 e. The van der Waals surface area contributed by atoms with Crippen LogP contribution >= 0.6 is 35.3 Å². The molecule has 1 aromatic carbocycles. The van der Waals surface area contributed by atoms with Gasteiger partial charge >= 0.3 is 0 Å². The highest BCUT2D eigenvalue weighted by molar-refractivity contribution is 8.23. The zero-order valence-corrected chi connectivity index (χ0v) is 16.8. The molecule has 1 atom stereocenters. The minimum absolute atomic E-state index is 0.0162. The van der Waals surface area contributed by atoms with Crippen LogP contribution in [0.5, 0.6) is 0 Å². The summed E-state index contributed by atoms with van der Waals surface area (Å²) in [6, 6.07) is 9.96. The van der Waals surface area contributed by atoms with Crippen molar-refractivity contribution in [1.29, 1.82) is 0 Å². The van der Waals surface area contributed by atoms with Gasteiger partial charge in [-0.25, -0.2) is 4.98 Å². The SMILES string of the molecule is CC(SC(=S)N1CCCC1)c1nc2scc(-c3ccccc3)c2c(=O)[nH]1. The Hall–Kier alpha value is -1.70. The summed E-state index contributed by atoms with van der Waals surface area (Å²) in [4.78, 5) is 23.5. The van der Waals surface area contributed by atoms with E-state index in [1.54, 1.807) is 11.8 Å². The maximum atomic E-state index is 12.8. The van der Waals surface area contributed by atoms with Gasteiger partial charge in [0.05, 0.1) is 10.6 Å². The average Bonchev–Trinajstić information content (AvgIpc) is 3.32. The van der Waals surface area contributed by atoms with Gasteiger partial charge in [0.1, 0.15) is 15.0 Å². The Labute approximate surface area is 165 Å². The number of nitrogens with one attached hydrogen (secondary N) is 1. The molecule has 7 heteroatoms. The van der Waals surface area contributed by atoms with E-state index in [4.69, 9.17) is 17.2 Å². The monoisotopic (exact) mass is 401 g/mol. The molecule has 0 amide bonds. The van der Waals surface area contributed by atoms with Gasteiger partial charge in [0.15, 0.2) is 0 Å². The summed E-state index contributed by atoms with van der Waals surface area (Å²) in [5.74, 6) is 0.690. The molecule has 26 heavy (non-hydrogen) atoms. The van der Waals surface area contributed by atoms with Crippen LogP contribution in [0, 0.1) is 0 Å². The van der Waals surface area contributed by atoms with E-state index in [0.29, 0.717) is 11.2 Å². The van der Waals surface area contributed by atoms with Gasteiger partial charge in [-0.05, 0) is 25.3 Å². The Kier molecular flexibility index (Phi) is 5.11. The van der Waals surface area contributed by atoms with Crippen molar-refractivity contribution < 1.29 is 0 Å². The number of hydrogen-bond donors (Lipinski definition) is 1. The van der Waals surface area contributed by atoms with E-state index in [1.165, 1.54) is 24.2 Å². The molecule has 2 aromatic heterocycles. The third-order valence-electron chi connectivity index (χ3n) is 4.57. The highest BCUT2D eigenvalue weighted by atomic mass is 32.2. The molecule has 0 aliphatic carbocycles. The number of H-pyrrole nitrogens is 1. The van der Waals surface area contributed by atoms with Gasteiger partial charge in [-0.2, -0.15) is 0 Å². The first kappa shape index (κ1) is 17.7. The summed E-state index contributed by atoms with van der Waals surface area (Å²) in [5, 5.41) is 2.70. The highest BCUT2D eigenvalue weighted by Crippen LogP contribution is 2.33. The molecule has 1 N–H and O–H groups in total. The molecule has 1 saturated heterocycles. The number of likely N-dealkylation sites (tertiary alicyclic amines) is 1. The third kappa shape index (κ3) is 3.43. The number of benzene rings is 1. The summed E-state index contributed by atoms with van der Waals surface area (Å²) >= 11 is 8.67. The van der Waals surface area contributed by atoms with Crippen molar-refractivity contribution in [2.24, 2.45) is 0 Å². The second-order valence-electron chi connectivity index (χ2n) is 6.37. The molecule has 0 saturated carbocycles. The molecular weight excluding hydrogens is 382 g/mol. The average molecular weight is 402 g/mol. The quantitative estimate of drug-likeness (QED) is 0.637. The van der Waals surface area contributed by atoms with Gasteiger partial charge in [0, 0.05) is 24.0 Å². The van der Waals surface area contributed by atoms with E-state index in [1.807, 2.05) is 42.6 Å². The fraction of sp³-hybridized carbons (Fsp3) is 0.316. The first-order valence-corrected chi connectivity index (χ1v) is 10.8. The summed E-state index contributed by atoms with van der Waals surface area (Å²) in [5.41, 5.74) is 1.90. The molecule has 3 heterocycles. The highest BCUT2D eigenvalue weighted by Gasteiger charge is 2.21. The lowest BCUT2D eigenvalue weighted by Gasteiger charge is -2.20. The second kappa shape index (κ2) is 7.50. The van der Waals surface area contributed by atoms with E-state index in [9.17, 15) is 4.79 Å². The number of aromatic nitrogens is 2. The van der Waals surface area contributed by atoms with Crippen molar-refractivity contribution in [3.8, 4) is 11.1 Å². The number of nitrogens with zero attached hydrogens (tertiary/aromatic N) is 2. The van der Waals surface area contributed by atoms with Crippen LogP contribution < -0.4 is 5.56 Å². The van der Waals surface area contributed by atoms with Crippen LogP contribution in [-0.4, -0.2) is 32.3 Å². The lowest BCUT2D eigenvalue weighted by Crippen LogP contribution is -2.24. The topological polar surface area (TPSA) is 49.0 Å². The van der Waals surface area contributed by atoms with Crippen molar-refractivity contribution in [3.05, 3.63) is 51.9 Å². The summed E-state index contributed by atoms with van der Waals surface area (Å²) in [6.07, 6.45) is 2.40. The molecule has 3 aromatic rings. The van der Waals surface area contributed by atoms with Gasteiger partial charge in [0.2, 0.25) is 0 Å². The van der Waals surface area contributed by atoms with E-state index < -0.39 is 0 Å². The zero-order chi connectivity index (χ0) is 18.1. The van der Waals surface area contributed by atoms with E-state index in [2.05, 4.69) is 9.88 Å². The molecule has 1 aliphatic heterocycles. The van der Waals surface area contributed by atoms with Crippen molar-refractivity contribution >= 4 is 49.9 Å². The Morgan fingerprint density at radius 1 is 1.31 bits per heavy atom. The molecule has 1 aliphatic rings. The van der Waals surface area contributed by atoms with Gasteiger partial charge in [-0.15, -0.1) is 11.3 Å².